The van der Waals surface area contributed by atoms with E-state index in [2.05, 4.69) is 27.1 Å². The summed E-state index contributed by atoms with van der Waals surface area (Å²) in [7, 11) is 0. The average molecular weight is 524 g/mol. The Hall–Kier alpha value is -3.05. The molecule has 1 unspecified atom stereocenters. The van der Waals surface area contributed by atoms with Crippen LogP contribution < -0.4 is 4.74 Å². The van der Waals surface area contributed by atoms with Crippen LogP contribution in [-0.4, -0.2) is 82.1 Å². The number of nitrogens with one attached hydrogen (secondary N) is 1. The second-order valence-corrected chi connectivity index (χ2v) is 9.54. The molecule has 9 nitrogen and oxygen atoms in total. The number of hydrogen-bond donors (Lipinski definition) is 3. The van der Waals surface area contributed by atoms with E-state index in [1.807, 2.05) is 42.5 Å². The van der Waals surface area contributed by atoms with Crippen LogP contribution >= 0.6 is 11.6 Å². The SMILES string of the molecule is OCC(O)CO[C@@H]1CO[C@H]2[C@@H]1OC[C@H]2Oc1nc2nc(-c3ccc(-c4ccccc4)cc3)c(Cl)cc2[nH]1. The fourth-order valence-corrected chi connectivity index (χ4v) is 4.97. The van der Waals surface area contributed by atoms with Gasteiger partial charge in [0.15, 0.2) is 11.8 Å². The van der Waals surface area contributed by atoms with Gasteiger partial charge in [0, 0.05) is 5.56 Å². The predicted octanol–water partition coefficient (Wildman–Crippen LogP) is 3.23. The largest absolute Gasteiger partial charge is 0.456 e. The zero-order valence-electron chi connectivity index (χ0n) is 19.8. The van der Waals surface area contributed by atoms with Gasteiger partial charge in [0.05, 0.1) is 42.7 Å². The summed E-state index contributed by atoms with van der Waals surface area (Å²) in [4.78, 5) is 12.3. The van der Waals surface area contributed by atoms with Gasteiger partial charge in [0.1, 0.15) is 24.4 Å². The smallest absolute Gasteiger partial charge is 0.296 e. The van der Waals surface area contributed by atoms with Crippen LogP contribution in [0.1, 0.15) is 0 Å². The van der Waals surface area contributed by atoms with E-state index in [1.165, 1.54) is 0 Å². The first-order chi connectivity index (χ1) is 18.1. The normalized spacial score (nSPS) is 23.9. The highest BCUT2D eigenvalue weighted by molar-refractivity contribution is 6.33. The van der Waals surface area contributed by atoms with E-state index in [0.717, 1.165) is 16.7 Å². The monoisotopic (exact) mass is 523 g/mol. The first-order valence-corrected chi connectivity index (χ1v) is 12.5. The lowest BCUT2D eigenvalue weighted by Gasteiger charge is -2.18. The molecule has 0 radical (unpaired) electrons. The zero-order chi connectivity index (χ0) is 25.4. The molecule has 0 bridgehead atoms. The third kappa shape index (κ3) is 4.94. The molecule has 0 amide bonds. The molecule has 6 rings (SSSR count). The van der Waals surface area contributed by atoms with E-state index in [0.29, 0.717) is 41.1 Å². The van der Waals surface area contributed by atoms with Gasteiger partial charge < -0.3 is 34.1 Å². The summed E-state index contributed by atoms with van der Waals surface area (Å²) in [5, 5.41) is 19.0. The Morgan fingerprint density at radius 2 is 1.62 bits per heavy atom. The lowest BCUT2D eigenvalue weighted by atomic mass is 10.0. The number of benzene rings is 2. The van der Waals surface area contributed by atoms with Gasteiger partial charge >= 0.3 is 0 Å². The Morgan fingerprint density at radius 3 is 2.38 bits per heavy atom. The van der Waals surface area contributed by atoms with Gasteiger partial charge in [-0.2, -0.15) is 4.98 Å². The quantitative estimate of drug-likeness (QED) is 0.322. The summed E-state index contributed by atoms with van der Waals surface area (Å²) in [6, 6.07) is 20.3. The van der Waals surface area contributed by atoms with Gasteiger partial charge in [-0.05, 0) is 17.2 Å². The molecule has 10 heteroatoms. The third-order valence-corrected chi connectivity index (χ3v) is 6.90. The third-order valence-electron chi connectivity index (χ3n) is 6.61. The first kappa shape index (κ1) is 24.3. The van der Waals surface area contributed by atoms with E-state index in [4.69, 9.17) is 35.7 Å². The lowest BCUT2D eigenvalue weighted by molar-refractivity contribution is -0.0706. The summed E-state index contributed by atoms with van der Waals surface area (Å²) >= 11 is 6.59. The van der Waals surface area contributed by atoms with Crippen LogP contribution in [0.3, 0.4) is 0 Å². The standard InChI is InChI=1S/C27H26ClN3O6/c28-19-10-20-26(30-23(19)17-8-6-16(7-9-17)15-4-2-1-3-5-15)31-27(29-20)37-22-14-36-24-21(13-35-25(22)24)34-12-18(33)11-32/h1-10,18,21-22,24-25,32-33H,11-14H2,(H,29,30,31)/t18?,21-,22-,24-,25-/m1/s1. The van der Waals surface area contributed by atoms with Crippen LogP contribution in [0.25, 0.3) is 33.5 Å². The van der Waals surface area contributed by atoms with E-state index in [-0.39, 0.29) is 37.6 Å². The van der Waals surface area contributed by atoms with Gasteiger partial charge in [-0.15, -0.1) is 0 Å². The van der Waals surface area contributed by atoms with Crippen LogP contribution in [-0.2, 0) is 14.2 Å². The summed E-state index contributed by atoms with van der Waals surface area (Å²) in [5.41, 5.74) is 4.93. The molecule has 192 valence electrons. The van der Waals surface area contributed by atoms with E-state index in [9.17, 15) is 5.11 Å². The number of aliphatic hydroxyl groups excluding tert-OH is 2. The maximum absolute atomic E-state index is 9.54. The molecule has 0 saturated carbocycles. The lowest BCUT2D eigenvalue weighted by Crippen LogP contribution is -2.36. The maximum atomic E-state index is 9.54. The van der Waals surface area contributed by atoms with E-state index >= 15 is 0 Å². The molecule has 0 spiro atoms. The second-order valence-electron chi connectivity index (χ2n) is 9.14. The predicted molar refractivity (Wildman–Crippen MR) is 136 cm³/mol. The number of ether oxygens (including phenoxy) is 4. The van der Waals surface area contributed by atoms with Crippen LogP contribution in [0.4, 0.5) is 0 Å². The number of nitrogens with zero attached hydrogens (tertiary/aromatic N) is 2. The van der Waals surface area contributed by atoms with Crippen LogP contribution in [0.2, 0.25) is 5.02 Å². The Bertz CT molecular complexity index is 1370. The molecule has 4 aromatic rings. The molecular weight excluding hydrogens is 498 g/mol. The van der Waals surface area contributed by atoms with Crippen molar-refractivity contribution in [2.75, 3.05) is 26.4 Å². The van der Waals surface area contributed by atoms with Crippen molar-refractivity contribution in [2.24, 2.45) is 0 Å². The summed E-state index contributed by atoms with van der Waals surface area (Å²) in [6.45, 7) is 0.272. The van der Waals surface area contributed by atoms with Crippen molar-refractivity contribution < 1.29 is 29.2 Å². The number of aromatic amines is 1. The molecule has 3 N–H and O–H groups in total. The number of aliphatic hydroxyl groups is 2. The first-order valence-electron chi connectivity index (χ1n) is 12.1. The molecular formula is C27H26ClN3O6. The molecule has 0 aliphatic carbocycles. The average Bonchev–Trinajstić information content (AvgIpc) is 3.63. The van der Waals surface area contributed by atoms with Crippen molar-refractivity contribution in [3.8, 4) is 28.4 Å². The minimum Gasteiger partial charge on any atom is -0.456 e. The van der Waals surface area contributed by atoms with Gasteiger partial charge in [-0.1, -0.05) is 66.2 Å². The number of pyridine rings is 1. The Balaban J connectivity index is 1.16. The Morgan fingerprint density at radius 1 is 0.946 bits per heavy atom. The highest BCUT2D eigenvalue weighted by Gasteiger charge is 2.50. The number of halogens is 1. The number of hydrogen-bond acceptors (Lipinski definition) is 8. The Kier molecular flexibility index (Phi) is 6.81. The molecule has 2 aliphatic rings. The number of fused-ring (bicyclic) bond motifs is 2. The van der Waals surface area contributed by atoms with Crippen molar-refractivity contribution in [3.63, 3.8) is 0 Å². The van der Waals surface area contributed by atoms with Crippen LogP contribution in [0.15, 0.2) is 60.7 Å². The van der Waals surface area contributed by atoms with Gasteiger partial charge in [-0.25, -0.2) is 4.98 Å². The summed E-state index contributed by atoms with van der Waals surface area (Å²) in [6.07, 6.45) is -2.32. The van der Waals surface area contributed by atoms with E-state index in [1.54, 1.807) is 6.07 Å². The van der Waals surface area contributed by atoms with Crippen LogP contribution in [0, 0.1) is 0 Å². The molecule has 2 aromatic carbocycles. The minimum absolute atomic E-state index is 0.00987. The van der Waals surface area contributed by atoms with Crippen LogP contribution in [0.5, 0.6) is 6.01 Å². The fraction of sp³-hybridized carbons (Fsp3) is 0.333. The van der Waals surface area contributed by atoms with Crippen molar-refractivity contribution >= 4 is 22.8 Å². The van der Waals surface area contributed by atoms with Gasteiger partial charge in [0.25, 0.3) is 6.01 Å². The van der Waals surface area contributed by atoms with Crippen molar-refractivity contribution in [2.45, 2.75) is 30.5 Å². The summed E-state index contributed by atoms with van der Waals surface area (Å²) < 4.78 is 23.4. The van der Waals surface area contributed by atoms with E-state index < -0.39 is 6.10 Å². The highest BCUT2D eigenvalue weighted by atomic mass is 35.5. The molecule has 2 saturated heterocycles. The zero-order valence-corrected chi connectivity index (χ0v) is 20.5. The van der Waals surface area contributed by atoms with Gasteiger partial charge in [0.2, 0.25) is 0 Å². The molecule has 5 atom stereocenters. The molecule has 37 heavy (non-hydrogen) atoms. The molecule has 2 aliphatic heterocycles. The fourth-order valence-electron chi connectivity index (χ4n) is 4.71. The number of imidazole rings is 1. The molecule has 2 fully saturated rings. The number of aromatic nitrogens is 3. The Labute approximate surface area is 217 Å². The number of rotatable bonds is 8. The molecule has 4 heterocycles. The second kappa shape index (κ2) is 10.4. The number of H-pyrrole nitrogens is 1. The van der Waals surface area contributed by atoms with Crippen molar-refractivity contribution in [3.05, 3.63) is 65.7 Å². The topological polar surface area (TPSA) is 119 Å². The van der Waals surface area contributed by atoms with Gasteiger partial charge in [-0.3, -0.25) is 0 Å². The summed E-state index contributed by atoms with van der Waals surface area (Å²) in [5.74, 6) is 0. The highest BCUT2D eigenvalue weighted by Crippen LogP contribution is 2.33. The maximum Gasteiger partial charge on any atom is 0.296 e. The minimum atomic E-state index is -0.936. The van der Waals surface area contributed by atoms with Crippen molar-refractivity contribution in [1.29, 1.82) is 0 Å². The molecule has 2 aromatic heterocycles. The van der Waals surface area contributed by atoms with Crippen molar-refractivity contribution in [1.82, 2.24) is 15.0 Å².